The molecule has 0 aliphatic heterocycles. The van der Waals surface area contributed by atoms with E-state index in [-0.39, 0.29) is 0 Å². The molecule has 84 heavy (non-hydrogen) atoms. The lowest BCUT2D eigenvalue weighted by molar-refractivity contribution is 1.07. The summed E-state index contributed by atoms with van der Waals surface area (Å²) < 4.78 is 9.65. The Morgan fingerprint density at radius 1 is 0.274 bits per heavy atom. The average molecular weight is 1070 g/mol. The predicted octanol–water partition coefficient (Wildman–Crippen LogP) is 18.8. The zero-order chi connectivity index (χ0) is 55.4. The van der Waals surface area contributed by atoms with Crippen LogP contribution in [0.4, 0.5) is 0 Å². The molecule has 390 valence electrons. The molecule has 0 aliphatic rings. The van der Waals surface area contributed by atoms with Gasteiger partial charge in [-0.1, -0.05) is 188 Å². The fourth-order valence-corrected chi connectivity index (χ4v) is 13.3. The fraction of sp³-hybridized carbons (Fsp3) is 0. The van der Waals surface area contributed by atoms with Crippen molar-refractivity contribution < 1.29 is 0 Å². The number of nitriles is 1. The van der Waals surface area contributed by atoms with Crippen molar-refractivity contribution in [3.8, 4) is 74.1 Å². The Morgan fingerprint density at radius 2 is 0.679 bits per heavy atom. The van der Waals surface area contributed by atoms with Gasteiger partial charge in [-0.05, 0) is 91.0 Å². The van der Waals surface area contributed by atoms with Crippen molar-refractivity contribution in [2.75, 3.05) is 0 Å². The van der Waals surface area contributed by atoms with Gasteiger partial charge in [0.2, 0.25) is 0 Å². The van der Waals surface area contributed by atoms with E-state index in [4.69, 9.17) is 15.0 Å². The molecule has 0 N–H and O–H groups in total. The van der Waals surface area contributed by atoms with Crippen LogP contribution in [-0.2, 0) is 0 Å². The predicted molar refractivity (Wildman–Crippen MR) is 344 cm³/mol. The second-order valence-electron chi connectivity index (χ2n) is 21.4. The molecule has 0 radical (unpaired) electrons. The first kappa shape index (κ1) is 47.2. The summed E-state index contributed by atoms with van der Waals surface area (Å²) in [5.74, 6) is 1.69. The van der Waals surface area contributed by atoms with Crippen LogP contribution in [0.5, 0.6) is 0 Å². The lowest BCUT2D eigenvalue weighted by Gasteiger charge is -2.20. The molecule has 17 aromatic rings. The van der Waals surface area contributed by atoms with Gasteiger partial charge in [0.15, 0.2) is 17.5 Å². The van der Waals surface area contributed by atoms with E-state index in [1.165, 1.54) is 21.5 Å². The first-order valence-electron chi connectivity index (χ1n) is 28.2. The topological polar surface area (TPSA) is 82.2 Å². The maximum absolute atomic E-state index is 11.0. The second-order valence-corrected chi connectivity index (χ2v) is 21.4. The van der Waals surface area contributed by atoms with Crippen molar-refractivity contribution in [3.63, 3.8) is 0 Å². The van der Waals surface area contributed by atoms with E-state index in [0.29, 0.717) is 23.0 Å². The molecule has 0 amide bonds. The SMILES string of the molecule is N#Cc1ccc(-c2cc(-c3nc(-c4ccccc4)nc(-c4ccccc4)n3)ccc2-n2c3ccccc3c3c2ccc2c4ccccc4n(-c4ccccc4)c23)c(-n2c3ccccc3c3c2ccc2c4ccccc4n(-c4ccccc4)c23)c1. The molecule has 17 rings (SSSR count). The first-order chi connectivity index (χ1) is 41.7. The Balaban J connectivity index is 1.00. The quantitative estimate of drug-likeness (QED) is 0.152. The molecule has 0 unspecified atom stereocenters. The molecule has 0 saturated carbocycles. The molecule has 0 saturated heterocycles. The van der Waals surface area contributed by atoms with E-state index in [2.05, 4.69) is 237 Å². The van der Waals surface area contributed by atoms with Gasteiger partial charge in [0.1, 0.15) is 0 Å². The Labute approximate surface area is 481 Å². The van der Waals surface area contributed by atoms with Crippen molar-refractivity contribution in [2.45, 2.75) is 0 Å². The van der Waals surface area contributed by atoms with Crippen molar-refractivity contribution in [1.82, 2.24) is 33.2 Å². The van der Waals surface area contributed by atoms with Crippen molar-refractivity contribution in [3.05, 3.63) is 285 Å². The number of benzene rings is 12. The van der Waals surface area contributed by atoms with Crippen LogP contribution in [0, 0.1) is 11.3 Å². The monoisotopic (exact) mass is 1070 g/mol. The molecule has 5 aromatic heterocycles. The summed E-state index contributed by atoms with van der Waals surface area (Å²) >= 11 is 0. The summed E-state index contributed by atoms with van der Waals surface area (Å²) in [6, 6.07) is 101. The smallest absolute Gasteiger partial charge is 0.164 e. The largest absolute Gasteiger partial charge is 0.309 e. The third-order valence-corrected chi connectivity index (χ3v) is 16.8. The average Bonchev–Trinajstić information content (AvgIpc) is 1.90. The van der Waals surface area contributed by atoms with E-state index >= 15 is 0 Å². The summed E-state index contributed by atoms with van der Waals surface area (Å²) in [5.41, 5.74) is 17.6. The molecule has 0 atom stereocenters. The lowest BCUT2D eigenvalue weighted by atomic mass is 9.96. The molecule has 0 aliphatic carbocycles. The Bertz CT molecular complexity index is 5490. The van der Waals surface area contributed by atoms with Crippen LogP contribution in [0.1, 0.15) is 5.56 Å². The van der Waals surface area contributed by atoms with Crippen molar-refractivity contribution in [1.29, 1.82) is 5.26 Å². The van der Waals surface area contributed by atoms with Gasteiger partial charge in [0.05, 0.1) is 67.1 Å². The van der Waals surface area contributed by atoms with Crippen LogP contribution < -0.4 is 0 Å². The third-order valence-electron chi connectivity index (χ3n) is 16.8. The highest BCUT2D eigenvalue weighted by Crippen LogP contribution is 2.47. The van der Waals surface area contributed by atoms with Gasteiger partial charge in [-0.3, -0.25) is 0 Å². The number of aromatic nitrogens is 7. The summed E-state index contributed by atoms with van der Waals surface area (Å²) in [7, 11) is 0. The zero-order valence-electron chi connectivity index (χ0n) is 45.1. The molecular weight excluding hydrogens is 1020 g/mol. The third kappa shape index (κ3) is 7.09. The van der Waals surface area contributed by atoms with Gasteiger partial charge in [-0.15, -0.1) is 0 Å². The van der Waals surface area contributed by atoms with Crippen LogP contribution in [0.15, 0.2) is 279 Å². The standard InChI is InChI=1S/C76H46N8/c77-47-48-37-39-56(69(45-48)84-65-36-20-16-32-60(65)71-68(84)44-41-58-55-30-14-18-34-63(55)82(73(58)71)53-27-11-4-12-28-53)61-46-51(76-79-74(49-21-5-1-6-22-49)78-75(80-76)50-23-7-2-8-24-50)38-42-66(61)83-64-35-19-15-31-59(64)70-67(83)43-40-57-54-29-13-17-33-62(54)81(72(57)70)52-25-9-3-10-26-52/h1-46H. The van der Waals surface area contributed by atoms with Crippen LogP contribution in [-0.4, -0.2) is 33.2 Å². The Hall–Kier alpha value is -11.7. The maximum Gasteiger partial charge on any atom is 0.164 e. The summed E-state index contributed by atoms with van der Waals surface area (Å²) in [4.78, 5) is 15.7. The number of rotatable bonds is 8. The van der Waals surface area contributed by atoms with Crippen LogP contribution in [0.2, 0.25) is 0 Å². The molecule has 0 bridgehead atoms. The van der Waals surface area contributed by atoms with Gasteiger partial charge in [-0.25, -0.2) is 15.0 Å². The Kier molecular flexibility index (Phi) is 10.5. The maximum atomic E-state index is 11.0. The minimum atomic E-state index is 0.537. The fourth-order valence-electron chi connectivity index (χ4n) is 13.3. The summed E-state index contributed by atoms with van der Waals surface area (Å²) in [6.07, 6.45) is 0. The zero-order valence-corrected chi connectivity index (χ0v) is 45.1. The molecule has 5 heterocycles. The molecule has 8 heteroatoms. The number of hydrogen-bond acceptors (Lipinski definition) is 4. The van der Waals surface area contributed by atoms with Gasteiger partial charge in [0, 0.05) is 82.3 Å². The second kappa shape index (κ2) is 18.7. The molecule has 12 aromatic carbocycles. The molecule has 0 spiro atoms. The minimum absolute atomic E-state index is 0.537. The first-order valence-corrected chi connectivity index (χ1v) is 28.2. The minimum Gasteiger partial charge on any atom is -0.309 e. The molecular formula is C76H46N8. The number of hydrogen-bond donors (Lipinski definition) is 0. The summed E-state index contributed by atoms with van der Waals surface area (Å²) in [6.45, 7) is 0. The normalized spacial score (nSPS) is 11.8. The van der Waals surface area contributed by atoms with E-state index in [1.807, 2.05) is 66.7 Å². The van der Waals surface area contributed by atoms with Gasteiger partial charge >= 0.3 is 0 Å². The number of nitrogens with zero attached hydrogens (tertiary/aromatic N) is 8. The highest BCUT2D eigenvalue weighted by atomic mass is 15.1. The van der Waals surface area contributed by atoms with E-state index in [9.17, 15) is 5.26 Å². The van der Waals surface area contributed by atoms with Crippen LogP contribution >= 0.6 is 0 Å². The van der Waals surface area contributed by atoms with Crippen molar-refractivity contribution in [2.24, 2.45) is 0 Å². The van der Waals surface area contributed by atoms with Crippen molar-refractivity contribution >= 4 is 87.2 Å². The lowest BCUT2D eigenvalue weighted by Crippen LogP contribution is -2.04. The van der Waals surface area contributed by atoms with E-state index < -0.39 is 0 Å². The highest BCUT2D eigenvalue weighted by Gasteiger charge is 2.27. The Morgan fingerprint density at radius 3 is 1.15 bits per heavy atom. The van der Waals surface area contributed by atoms with Gasteiger partial charge in [0.25, 0.3) is 0 Å². The number of fused-ring (bicyclic) bond motifs is 14. The molecule has 0 fully saturated rings. The molecule has 8 nitrogen and oxygen atoms in total. The van der Waals surface area contributed by atoms with Crippen LogP contribution in [0.3, 0.4) is 0 Å². The van der Waals surface area contributed by atoms with Gasteiger partial charge in [-0.2, -0.15) is 5.26 Å². The van der Waals surface area contributed by atoms with Gasteiger partial charge < -0.3 is 18.3 Å². The van der Waals surface area contributed by atoms with E-state index in [1.54, 1.807) is 0 Å². The van der Waals surface area contributed by atoms with Crippen LogP contribution in [0.25, 0.3) is 155 Å². The van der Waals surface area contributed by atoms with E-state index in [0.717, 1.165) is 116 Å². The highest BCUT2D eigenvalue weighted by molar-refractivity contribution is 6.28. The number of para-hydroxylation sites is 6. The summed E-state index contributed by atoms with van der Waals surface area (Å²) in [5, 5.41) is 20.2.